The van der Waals surface area contributed by atoms with Crippen molar-refractivity contribution in [3.05, 3.63) is 41.7 Å². The van der Waals surface area contributed by atoms with Gasteiger partial charge in [0.1, 0.15) is 0 Å². The van der Waals surface area contributed by atoms with Gasteiger partial charge in [-0.2, -0.15) is 0 Å². The minimum absolute atomic E-state index is 0.939. The number of hydrogen-bond donors (Lipinski definition) is 0. The maximum absolute atomic E-state index is 4.10. The van der Waals surface area contributed by atoms with Crippen molar-refractivity contribution in [2.75, 3.05) is 0 Å². The maximum Gasteiger partial charge on any atom is 0.0303 e. The summed E-state index contributed by atoms with van der Waals surface area (Å²) >= 11 is 0. The standard InChI is InChI=1S/C10H13N/c1-8(2)4-10-5-9(3)6-11-7-10/h5-7H,1,4H2,2-3H3. The summed E-state index contributed by atoms with van der Waals surface area (Å²) in [5, 5.41) is 0. The zero-order valence-electron chi connectivity index (χ0n) is 7.09. The fourth-order valence-electron chi connectivity index (χ4n) is 1.06. The topological polar surface area (TPSA) is 12.9 Å². The van der Waals surface area contributed by atoms with Crippen LogP contribution in [-0.2, 0) is 6.42 Å². The highest BCUT2D eigenvalue weighted by Crippen LogP contribution is 2.05. The van der Waals surface area contributed by atoms with Crippen LogP contribution in [0, 0.1) is 6.92 Å². The van der Waals surface area contributed by atoms with Gasteiger partial charge in [-0.25, -0.2) is 0 Å². The molecule has 0 saturated carbocycles. The van der Waals surface area contributed by atoms with Gasteiger partial charge in [-0.15, -0.1) is 0 Å². The molecule has 0 aliphatic heterocycles. The number of pyridine rings is 1. The van der Waals surface area contributed by atoms with Crippen molar-refractivity contribution in [1.29, 1.82) is 0 Å². The average molecular weight is 147 g/mol. The monoisotopic (exact) mass is 147 g/mol. The highest BCUT2D eigenvalue weighted by Gasteiger charge is 1.92. The number of nitrogens with zero attached hydrogens (tertiary/aromatic N) is 1. The first-order chi connectivity index (χ1) is 5.18. The lowest BCUT2D eigenvalue weighted by Crippen LogP contribution is -1.87. The second-order valence-electron chi connectivity index (χ2n) is 3.00. The van der Waals surface area contributed by atoms with Gasteiger partial charge in [0, 0.05) is 12.4 Å². The quantitative estimate of drug-likeness (QED) is 0.586. The molecule has 0 bridgehead atoms. The third-order valence-corrected chi connectivity index (χ3v) is 1.44. The number of rotatable bonds is 2. The van der Waals surface area contributed by atoms with Crippen LogP contribution in [0.2, 0.25) is 0 Å². The molecule has 1 nitrogen and oxygen atoms in total. The van der Waals surface area contributed by atoms with E-state index in [-0.39, 0.29) is 0 Å². The van der Waals surface area contributed by atoms with E-state index in [0.717, 1.165) is 6.42 Å². The van der Waals surface area contributed by atoms with E-state index in [1.54, 1.807) is 0 Å². The highest BCUT2D eigenvalue weighted by molar-refractivity contribution is 5.20. The Morgan fingerprint density at radius 3 is 2.82 bits per heavy atom. The number of allylic oxidation sites excluding steroid dienone is 1. The van der Waals surface area contributed by atoms with E-state index in [4.69, 9.17) is 0 Å². The first-order valence-corrected chi connectivity index (χ1v) is 3.73. The van der Waals surface area contributed by atoms with E-state index < -0.39 is 0 Å². The van der Waals surface area contributed by atoms with Gasteiger partial charge in [0.15, 0.2) is 0 Å². The largest absolute Gasteiger partial charge is 0.264 e. The Hall–Kier alpha value is -1.11. The van der Waals surface area contributed by atoms with Gasteiger partial charge < -0.3 is 0 Å². The smallest absolute Gasteiger partial charge is 0.0303 e. The van der Waals surface area contributed by atoms with Crippen molar-refractivity contribution in [3.8, 4) is 0 Å². The minimum atomic E-state index is 0.939. The van der Waals surface area contributed by atoms with Crippen molar-refractivity contribution >= 4 is 0 Å². The Balaban J connectivity index is 2.79. The van der Waals surface area contributed by atoms with Crippen LogP contribution < -0.4 is 0 Å². The lowest BCUT2D eigenvalue weighted by Gasteiger charge is -1.99. The van der Waals surface area contributed by atoms with Gasteiger partial charge in [0.05, 0.1) is 0 Å². The number of aromatic nitrogens is 1. The van der Waals surface area contributed by atoms with E-state index in [1.807, 2.05) is 19.3 Å². The van der Waals surface area contributed by atoms with E-state index in [2.05, 4.69) is 24.6 Å². The molecule has 11 heavy (non-hydrogen) atoms. The second kappa shape index (κ2) is 3.33. The summed E-state index contributed by atoms with van der Waals surface area (Å²) in [4.78, 5) is 4.10. The maximum atomic E-state index is 4.10. The minimum Gasteiger partial charge on any atom is -0.264 e. The predicted molar refractivity (Wildman–Crippen MR) is 47.5 cm³/mol. The third-order valence-electron chi connectivity index (χ3n) is 1.44. The normalized spacial score (nSPS) is 9.64. The molecule has 0 N–H and O–H groups in total. The molecule has 0 aliphatic rings. The predicted octanol–water partition coefficient (Wildman–Crippen LogP) is 2.51. The molecule has 0 aliphatic carbocycles. The van der Waals surface area contributed by atoms with E-state index in [1.165, 1.54) is 16.7 Å². The molecule has 0 saturated heterocycles. The Kier molecular flexibility index (Phi) is 2.42. The summed E-state index contributed by atoms with van der Waals surface area (Å²) in [7, 11) is 0. The summed E-state index contributed by atoms with van der Waals surface area (Å²) in [5.41, 5.74) is 3.64. The molecule has 0 radical (unpaired) electrons. The summed E-state index contributed by atoms with van der Waals surface area (Å²) in [6.45, 7) is 7.93. The molecule has 0 unspecified atom stereocenters. The van der Waals surface area contributed by atoms with Crippen LogP contribution in [0.15, 0.2) is 30.6 Å². The lowest BCUT2D eigenvalue weighted by atomic mass is 10.1. The van der Waals surface area contributed by atoms with E-state index in [9.17, 15) is 0 Å². The van der Waals surface area contributed by atoms with Gasteiger partial charge in [-0.05, 0) is 31.4 Å². The molecule has 0 aromatic carbocycles. The molecule has 1 rings (SSSR count). The SMILES string of the molecule is C=C(C)Cc1cncc(C)c1. The third kappa shape index (κ3) is 2.54. The molecule has 1 heterocycles. The first kappa shape index (κ1) is 7.99. The molecular formula is C10H13N. The lowest BCUT2D eigenvalue weighted by molar-refractivity contribution is 1.10. The van der Waals surface area contributed by atoms with Crippen molar-refractivity contribution in [2.45, 2.75) is 20.3 Å². The van der Waals surface area contributed by atoms with Crippen molar-refractivity contribution < 1.29 is 0 Å². The van der Waals surface area contributed by atoms with E-state index in [0.29, 0.717) is 0 Å². The zero-order chi connectivity index (χ0) is 8.27. The van der Waals surface area contributed by atoms with Gasteiger partial charge in [0.2, 0.25) is 0 Å². The van der Waals surface area contributed by atoms with Crippen molar-refractivity contribution in [1.82, 2.24) is 4.98 Å². The second-order valence-corrected chi connectivity index (χ2v) is 3.00. The van der Waals surface area contributed by atoms with Crippen LogP contribution in [0.4, 0.5) is 0 Å². The summed E-state index contributed by atoms with van der Waals surface area (Å²) < 4.78 is 0. The average Bonchev–Trinajstić information content (AvgIpc) is 1.85. The molecule has 0 fully saturated rings. The molecule has 58 valence electrons. The fourth-order valence-corrected chi connectivity index (χ4v) is 1.06. The number of hydrogen-bond acceptors (Lipinski definition) is 1. The Bertz CT molecular complexity index is 263. The Morgan fingerprint density at radius 1 is 1.55 bits per heavy atom. The first-order valence-electron chi connectivity index (χ1n) is 3.73. The van der Waals surface area contributed by atoms with E-state index >= 15 is 0 Å². The molecule has 1 aromatic rings. The van der Waals surface area contributed by atoms with Crippen LogP contribution in [0.25, 0.3) is 0 Å². The molecule has 1 heteroatoms. The van der Waals surface area contributed by atoms with Gasteiger partial charge in [-0.1, -0.05) is 18.2 Å². The fraction of sp³-hybridized carbons (Fsp3) is 0.300. The van der Waals surface area contributed by atoms with Gasteiger partial charge in [-0.3, -0.25) is 4.98 Å². The number of aryl methyl sites for hydroxylation is 1. The van der Waals surface area contributed by atoms with Crippen molar-refractivity contribution in [2.24, 2.45) is 0 Å². The summed E-state index contributed by atoms with van der Waals surface area (Å²) in [5.74, 6) is 0. The van der Waals surface area contributed by atoms with Gasteiger partial charge >= 0.3 is 0 Å². The highest BCUT2D eigenvalue weighted by atomic mass is 14.6. The zero-order valence-corrected chi connectivity index (χ0v) is 7.09. The van der Waals surface area contributed by atoms with Crippen LogP contribution >= 0.6 is 0 Å². The van der Waals surface area contributed by atoms with Gasteiger partial charge in [0.25, 0.3) is 0 Å². The summed E-state index contributed by atoms with van der Waals surface area (Å²) in [6.07, 6.45) is 4.69. The molecule has 0 amide bonds. The molecular weight excluding hydrogens is 134 g/mol. The van der Waals surface area contributed by atoms with Crippen LogP contribution in [-0.4, -0.2) is 4.98 Å². The summed E-state index contributed by atoms with van der Waals surface area (Å²) in [6, 6.07) is 2.14. The van der Waals surface area contributed by atoms with Crippen LogP contribution in [0.5, 0.6) is 0 Å². The van der Waals surface area contributed by atoms with Crippen LogP contribution in [0.3, 0.4) is 0 Å². The van der Waals surface area contributed by atoms with Crippen molar-refractivity contribution in [3.63, 3.8) is 0 Å². The molecule has 0 atom stereocenters. The molecule has 1 aromatic heterocycles. The molecule has 0 spiro atoms. The van der Waals surface area contributed by atoms with Crippen LogP contribution in [0.1, 0.15) is 18.1 Å². The Labute approximate surface area is 67.8 Å². The Morgan fingerprint density at radius 2 is 2.27 bits per heavy atom.